The van der Waals surface area contributed by atoms with Crippen LogP contribution in [0.2, 0.25) is 0 Å². The molecule has 0 aliphatic carbocycles. The number of aromatic nitrogens is 2. The molecular formula is C15H21ClN4. The van der Waals surface area contributed by atoms with Crippen LogP contribution < -0.4 is 5.01 Å². The minimum Gasteiger partial charge on any atom is -0.308 e. The predicted octanol–water partition coefficient (Wildman–Crippen LogP) is 2.53. The normalized spacial score (nSPS) is 18.7. The van der Waals surface area contributed by atoms with Gasteiger partial charge in [-0.15, -0.1) is 11.6 Å². The molecule has 2 aromatic rings. The first kappa shape index (κ1) is 13.7. The summed E-state index contributed by atoms with van der Waals surface area (Å²) in [6, 6.07) is 6.33. The van der Waals surface area contributed by atoms with Gasteiger partial charge >= 0.3 is 0 Å². The van der Waals surface area contributed by atoms with Crippen molar-refractivity contribution in [3.05, 3.63) is 29.6 Å². The lowest BCUT2D eigenvalue weighted by molar-refractivity contribution is 0.287. The topological polar surface area (TPSA) is 24.3 Å². The van der Waals surface area contributed by atoms with Crippen LogP contribution in [-0.4, -0.2) is 47.8 Å². The van der Waals surface area contributed by atoms with Crippen molar-refractivity contribution in [2.75, 3.05) is 38.2 Å². The number of para-hydroxylation sites is 1. The van der Waals surface area contributed by atoms with Crippen molar-refractivity contribution in [1.82, 2.24) is 14.6 Å². The third-order valence-corrected chi connectivity index (χ3v) is 4.20. The van der Waals surface area contributed by atoms with E-state index in [1.807, 2.05) is 6.92 Å². The zero-order chi connectivity index (χ0) is 14.3. The summed E-state index contributed by atoms with van der Waals surface area (Å²) < 4.78 is 2.23. The van der Waals surface area contributed by atoms with Crippen molar-refractivity contribution in [2.45, 2.75) is 19.2 Å². The van der Waals surface area contributed by atoms with Crippen LogP contribution in [0.15, 0.2) is 18.2 Å². The van der Waals surface area contributed by atoms with E-state index in [2.05, 4.69) is 46.8 Å². The van der Waals surface area contributed by atoms with Gasteiger partial charge in [-0.1, -0.05) is 12.1 Å². The number of nitrogens with zero attached hydrogens (tertiary/aromatic N) is 4. The molecule has 0 amide bonds. The summed E-state index contributed by atoms with van der Waals surface area (Å²) in [6.45, 7) is 8.25. The van der Waals surface area contributed by atoms with E-state index >= 15 is 0 Å². The van der Waals surface area contributed by atoms with Gasteiger partial charge in [0.25, 0.3) is 0 Å². The standard InChI is InChI=1S/C15H21ClN4/c1-11-5-4-6-13-14(11)17-15(12(2)16)20(13)19-9-7-18(3)8-10-19/h4-6,12H,7-10H2,1-3H3. The molecule has 1 aromatic heterocycles. The molecule has 1 fully saturated rings. The highest BCUT2D eigenvalue weighted by molar-refractivity contribution is 6.20. The highest BCUT2D eigenvalue weighted by atomic mass is 35.5. The Morgan fingerprint density at radius 1 is 1.20 bits per heavy atom. The second-order valence-corrected chi connectivity index (χ2v) is 6.25. The van der Waals surface area contributed by atoms with Gasteiger partial charge in [0.2, 0.25) is 0 Å². The molecule has 0 radical (unpaired) electrons. The van der Waals surface area contributed by atoms with Crippen LogP contribution in [0.25, 0.3) is 11.0 Å². The Labute approximate surface area is 124 Å². The van der Waals surface area contributed by atoms with Gasteiger partial charge in [0, 0.05) is 26.2 Å². The summed E-state index contributed by atoms with van der Waals surface area (Å²) in [5.41, 5.74) is 3.43. The first-order valence-electron chi connectivity index (χ1n) is 7.13. The largest absolute Gasteiger partial charge is 0.308 e. The maximum Gasteiger partial charge on any atom is 0.146 e. The van der Waals surface area contributed by atoms with Crippen molar-refractivity contribution in [3.8, 4) is 0 Å². The summed E-state index contributed by atoms with van der Waals surface area (Å²) in [5.74, 6) is 0.945. The number of aryl methyl sites for hydroxylation is 1. The van der Waals surface area contributed by atoms with E-state index in [0.29, 0.717) is 0 Å². The monoisotopic (exact) mass is 292 g/mol. The lowest BCUT2D eigenvalue weighted by Crippen LogP contribution is -2.50. The van der Waals surface area contributed by atoms with Crippen molar-refractivity contribution in [1.29, 1.82) is 0 Å². The molecule has 1 aliphatic heterocycles. The van der Waals surface area contributed by atoms with Gasteiger partial charge in [-0.25, -0.2) is 9.66 Å². The van der Waals surface area contributed by atoms with Crippen LogP contribution in [-0.2, 0) is 0 Å². The Morgan fingerprint density at radius 2 is 1.90 bits per heavy atom. The van der Waals surface area contributed by atoms with Gasteiger partial charge in [0.1, 0.15) is 5.82 Å². The van der Waals surface area contributed by atoms with Gasteiger partial charge in [-0.3, -0.25) is 0 Å². The fourth-order valence-corrected chi connectivity index (χ4v) is 2.94. The Bertz CT molecular complexity index is 612. The maximum atomic E-state index is 6.36. The Kier molecular flexibility index (Phi) is 3.61. The van der Waals surface area contributed by atoms with Crippen LogP contribution in [0.4, 0.5) is 0 Å². The van der Waals surface area contributed by atoms with Crippen LogP contribution in [0.1, 0.15) is 23.7 Å². The molecule has 3 rings (SSSR count). The quantitative estimate of drug-likeness (QED) is 0.795. The average molecular weight is 293 g/mol. The van der Waals surface area contributed by atoms with Gasteiger partial charge in [0.05, 0.1) is 16.4 Å². The van der Waals surface area contributed by atoms with Crippen molar-refractivity contribution < 1.29 is 0 Å². The molecule has 0 bridgehead atoms. The Morgan fingerprint density at radius 3 is 2.55 bits per heavy atom. The smallest absolute Gasteiger partial charge is 0.146 e. The first-order valence-corrected chi connectivity index (χ1v) is 7.57. The van der Waals surface area contributed by atoms with Gasteiger partial charge in [-0.2, -0.15) is 0 Å². The van der Waals surface area contributed by atoms with Crippen LogP contribution in [0.3, 0.4) is 0 Å². The van der Waals surface area contributed by atoms with Crippen molar-refractivity contribution in [2.24, 2.45) is 0 Å². The number of halogens is 1. The molecule has 1 unspecified atom stereocenters. The molecule has 4 nitrogen and oxygen atoms in total. The Hall–Kier alpha value is -1.26. The summed E-state index contributed by atoms with van der Waals surface area (Å²) in [4.78, 5) is 7.13. The predicted molar refractivity (Wildman–Crippen MR) is 84.2 cm³/mol. The van der Waals surface area contributed by atoms with E-state index in [4.69, 9.17) is 16.6 Å². The number of rotatable bonds is 2. The molecule has 0 N–H and O–H groups in total. The molecular weight excluding hydrogens is 272 g/mol. The molecule has 20 heavy (non-hydrogen) atoms. The third kappa shape index (κ3) is 2.27. The van der Waals surface area contributed by atoms with Crippen LogP contribution in [0.5, 0.6) is 0 Å². The van der Waals surface area contributed by atoms with Gasteiger partial charge in [-0.05, 0) is 32.5 Å². The summed E-state index contributed by atoms with van der Waals surface area (Å²) in [6.07, 6.45) is 0. The summed E-state index contributed by atoms with van der Waals surface area (Å²) in [5, 5.41) is 2.27. The lowest BCUT2D eigenvalue weighted by atomic mass is 10.2. The van der Waals surface area contributed by atoms with Gasteiger partial charge < -0.3 is 9.91 Å². The molecule has 0 saturated carbocycles. The van der Waals surface area contributed by atoms with E-state index in [9.17, 15) is 0 Å². The SMILES string of the molecule is Cc1cccc2c1nc(C(C)Cl)n2N1CCN(C)CC1. The molecule has 108 valence electrons. The second kappa shape index (κ2) is 5.26. The average Bonchev–Trinajstić information content (AvgIpc) is 2.81. The summed E-state index contributed by atoms with van der Waals surface area (Å²) in [7, 11) is 2.17. The lowest BCUT2D eigenvalue weighted by Gasteiger charge is -2.35. The second-order valence-electron chi connectivity index (χ2n) is 5.60. The van der Waals surface area contributed by atoms with E-state index in [1.54, 1.807) is 0 Å². The number of hydrogen-bond donors (Lipinski definition) is 0. The third-order valence-electron chi connectivity index (χ3n) is 4.01. The molecule has 0 spiro atoms. The molecule has 1 aromatic carbocycles. The fourth-order valence-electron chi connectivity index (χ4n) is 2.80. The van der Waals surface area contributed by atoms with E-state index in [0.717, 1.165) is 43.0 Å². The van der Waals surface area contributed by atoms with Crippen LogP contribution >= 0.6 is 11.6 Å². The van der Waals surface area contributed by atoms with Crippen molar-refractivity contribution >= 4 is 22.6 Å². The first-order chi connectivity index (χ1) is 9.58. The van der Waals surface area contributed by atoms with E-state index in [-0.39, 0.29) is 5.38 Å². The highest BCUT2D eigenvalue weighted by Crippen LogP contribution is 2.26. The van der Waals surface area contributed by atoms with Gasteiger partial charge in [0.15, 0.2) is 0 Å². The fraction of sp³-hybridized carbons (Fsp3) is 0.533. The van der Waals surface area contributed by atoms with Crippen molar-refractivity contribution in [3.63, 3.8) is 0 Å². The molecule has 1 atom stereocenters. The number of likely N-dealkylation sites (N-methyl/N-ethyl adjacent to an activating group) is 1. The van der Waals surface area contributed by atoms with E-state index in [1.165, 1.54) is 5.56 Å². The van der Waals surface area contributed by atoms with Crippen LogP contribution in [0, 0.1) is 6.92 Å². The molecule has 5 heteroatoms. The van der Waals surface area contributed by atoms with E-state index < -0.39 is 0 Å². The zero-order valence-electron chi connectivity index (χ0n) is 12.3. The number of hydrogen-bond acceptors (Lipinski definition) is 3. The number of imidazole rings is 1. The number of piperazine rings is 1. The minimum absolute atomic E-state index is 0.0959. The Balaban J connectivity index is 2.12. The number of fused-ring (bicyclic) bond motifs is 1. The maximum absolute atomic E-state index is 6.36. The zero-order valence-corrected chi connectivity index (χ0v) is 13.1. The summed E-state index contributed by atoms with van der Waals surface area (Å²) >= 11 is 6.36. The minimum atomic E-state index is -0.0959. The molecule has 2 heterocycles. The highest BCUT2D eigenvalue weighted by Gasteiger charge is 2.22. The molecule has 1 aliphatic rings. The number of benzene rings is 1. The number of alkyl halides is 1. The molecule has 1 saturated heterocycles.